The maximum Gasteiger partial charge on any atom is 0.279 e. The van der Waals surface area contributed by atoms with E-state index in [4.69, 9.17) is 4.42 Å². The summed E-state index contributed by atoms with van der Waals surface area (Å²) in [4.78, 5) is 26.1. The van der Waals surface area contributed by atoms with Gasteiger partial charge in [-0.25, -0.2) is 0 Å². The molecular weight excluding hydrogens is 338 g/mol. The molecule has 3 N–H and O–H groups in total. The number of likely N-dealkylation sites (N-methyl/N-ethyl adjacent to an activating group) is 1. The number of anilines is 1. The number of amides is 2. The molecule has 0 saturated carbocycles. The van der Waals surface area contributed by atoms with E-state index in [-0.39, 0.29) is 30.9 Å². The lowest BCUT2D eigenvalue weighted by Gasteiger charge is -2.16. The van der Waals surface area contributed by atoms with Crippen LogP contribution in [0.15, 0.2) is 52.0 Å². The van der Waals surface area contributed by atoms with Gasteiger partial charge in [-0.3, -0.25) is 9.59 Å². The predicted octanol–water partition coefficient (Wildman–Crippen LogP) is 1.33. The van der Waals surface area contributed by atoms with Gasteiger partial charge in [0.25, 0.3) is 11.8 Å². The lowest BCUT2D eigenvalue weighted by Crippen LogP contribution is -3.11. The summed E-state index contributed by atoms with van der Waals surface area (Å²) in [6.45, 7) is 2.28. The molecule has 0 saturated heterocycles. The Hall–Kier alpha value is -2.25. The number of hydrogen-bond acceptors (Lipinski definition) is 4. The van der Waals surface area contributed by atoms with Crippen LogP contribution in [-0.2, 0) is 9.59 Å². The minimum atomic E-state index is -0.197. The fourth-order valence-electron chi connectivity index (χ4n) is 2.45. The molecule has 6 nitrogen and oxygen atoms in total. The van der Waals surface area contributed by atoms with Gasteiger partial charge in [0.15, 0.2) is 13.1 Å². The van der Waals surface area contributed by atoms with Crippen LogP contribution in [-0.4, -0.2) is 38.2 Å². The normalized spacial score (nSPS) is 13.1. The van der Waals surface area contributed by atoms with Crippen LogP contribution < -0.4 is 15.5 Å². The molecule has 7 heteroatoms. The summed E-state index contributed by atoms with van der Waals surface area (Å²) in [6, 6.07) is 11.1. The van der Waals surface area contributed by atoms with Gasteiger partial charge < -0.3 is 20.0 Å². The monoisotopic (exact) mass is 362 g/mol. The molecule has 0 fully saturated rings. The third-order valence-electron chi connectivity index (χ3n) is 3.65. The van der Waals surface area contributed by atoms with E-state index in [1.165, 1.54) is 0 Å². The highest BCUT2D eigenvalue weighted by atomic mass is 32.2. The van der Waals surface area contributed by atoms with Gasteiger partial charge in [0.05, 0.1) is 25.0 Å². The Morgan fingerprint density at radius 2 is 1.88 bits per heavy atom. The first-order valence-corrected chi connectivity index (χ1v) is 9.29. The molecule has 0 radical (unpaired) electrons. The summed E-state index contributed by atoms with van der Waals surface area (Å²) in [5.74, 6) is 0.460. The van der Waals surface area contributed by atoms with Crippen LogP contribution in [0.2, 0.25) is 0 Å². The number of carbonyl (C=O) groups excluding carboxylic acids is 2. The Bertz CT molecular complexity index is 703. The molecule has 0 aliphatic carbocycles. The van der Waals surface area contributed by atoms with Crippen LogP contribution in [0, 0.1) is 0 Å². The number of hydrogen-bond donors (Lipinski definition) is 3. The first kappa shape index (κ1) is 19.1. The summed E-state index contributed by atoms with van der Waals surface area (Å²) < 4.78 is 5.27. The second kappa shape index (κ2) is 9.29. The van der Waals surface area contributed by atoms with E-state index in [1.54, 1.807) is 24.1 Å². The molecule has 25 heavy (non-hydrogen) atoms. The van der Waals surface area contributed by atoms with Gasteiger partial charge in [0.2, 0.25) is 0 Å². The molecule has 0 aliphatic rings. The molecule has 2 amide bonds. The zero-order valence-electron chi connectivity index (χ0n) is 14.7. The minimum Gasteiger partial charge on any atom is -0.467 e. The van der Waals surface area contributed by atoms with E-state index in [1.807, 2.05) is 50.6 Å². The average Bonchev–Trinajstić information content (AvgIpc) is 3.09. The number of carbonyl (C=O) groups is 2. The van der Waals surface area contributed by atoms with E-state index >= 15 is 0 Å². The van der Waals surface area contributed by atoms with E-state index in [2.05, 4.69) is 10.6 Å². The molecule has 1 aromatic heterocycles. The Labute approximate surface area is 152 Å². The zero-order valence-corrected chi connectivity index (χ0v) is 15.5. The second-order valence-corrected chi connectivity index (χ2v) is 6.71. The van der Waals surface area contributed by atoms with Gasteiger partial charge in [-0.15, -0.1) is 11.8 Å². The highest BCUT2D eigenvalue weighted by Crippen LogP contribution is 2.24. The van der Waals surface area contributed by atoms with Gasteiger partial charge in [-0.1, -0.05) is 12.1 Å². The number of benzene rings is 1. The fraction of sp³-hybridized carbons (Fsp3) is 0.333. The lowest BCUT2D eigenvalue weighted by atomic mass is 10.2. The van der Waals surface area contributed by atoms with Gasteiger partial charge in [-0.2, -0.15) is 0 Å². The van der Waals surface area contributed by atoms with Crippen LogP contribution >= 0.6 is 11.8 Å². The largest absolute Gasteiger partial charge is 0.467 e. The third-order valence-corrected chi connectivity index (χ3v) is 4.45. The molecule has 1 aromatic carbocycles. The molecule has 134 valence electrons. The summed E-state index contributed by atoms with van der Waals surface area (Å²) in [5.41, 5.74) is 0.795. The number of rotatable bonds is 8. The zero-order chi connectivity index (χ0) is 18.2. The Morgan fingerprint density at radius 1 is 1.16 bits per heavy atom. The van der Waals surface area contributed by atoms with Crippen molar-refractivity contribution in [2.45, 2.75) is 17.9 Å². The number of para-hydroxylation sites is 1. The van der Waals surface area contributed by atoms with Crippen molar-refractivity contribution in [3.63, 3.8) is 0 Å². The Kier molecular flexibility index (Phi) is 7.09. The van der Waals surface area contributed by atoms with E-state index in [0.29, 0.717) is 5.76 Å². The molecule has 0 bridgehead atoms. The summed E-state index contributed by atoms with van der Waals surface area (Å²) in [6.07, 6.45) is 3.54. The van der Waals surface area contributed by atoms with Crippen molar-refractivity contribution in [1.82, 2.24) is 5.32 Å². The molecule has 0 spiro atoms. The van der Waals surface area contributed by atoms with Crippen LogP contribution in [0.5, 0.6) is 0 Å². The SMILES string of the molecule is CSc1ccccc1NC(=O)C[NH+](C)CC(=O)N[C@H](C)c1ccco1. The van der Waals surface area contributed by atoms with Crippen molar-refractivity contribution in [2.24, 2.45) is 0 Å². The standard InChI is InChI=1S/C18H23N3O3S/c1-13(15-8-6-10-24-15)19-17(22)11-21(2)12-18(23)20-14-7-4-5-9-16(14)25-3/h4-10,13H,11-12H2,1-3H3,(H,19,22)(H,20,23)/p+1/t13-/m1/s1. The van der Waals surface area contributed by atoms with Crippen molar-refractivity contribution < 1.29 is 18.9 Å². The first-order chi connectivity index (χ1) is 12.0. The first-order valence-electron chi connectivity index (χ1n) is 8.06. The fourth-order valence-corrected chi connectivity index (χ4v) is 3.01. The van der Waals surface area contributed by atoms with Crippen molar-refractivity contribution in [3.05, 3.63) is 48.4 Å². The summed E-state index contributed by atoms with van der Waals surface area (Å²) in [5, 5.41) is 5.77. The van der Waals surface area contributed by atoms with Crippen molar-refractivity contribution in [2.75, 3.05) is 31.7 Å². The topological polar surface area (TPSA) is 75.8 Å². The van der Waals surface area contributed by atoms with E-state index < -0.39 is 0 Å². The third kappa shape index (κ3) is 5.95. The predicted molar refractivity (Wildman–Crippen MR) is 98.7 cm³/mol. The van der Waals surface area contributed by atoms with Crippen molar-refractivity contribution in [1.29, 1.82) is 0 Å². The minimum absolute atomic E-state index is 0.120. The number of nitrogens with one attached hydrogen (secondary N) is 3. The summed E-state index contributed by atoms with van der Waals surface area (Å²) >= 11 is 1.58. The van der Waals surface area contributed by atoms with Crippen molar-refractivity contribution >= 4 is 29.3 Å². The van der Waals surface area contributed by atoms with Crippen LogP contribution in [0.1, 0.15) is 18.7 Å². The molecule has 0 aliphatic heterocycles. The maximum absolute atomic E-state index is 12.2. The van der Waals surface area contributed by atoms with Crippen LogP contribution in [0.25, 0.3) is 0 Å². The van der Waals surface area contributed by atoms with Gasteiger partial charge in [0, 0.05) is 4.90 Å². The molecule has 2 aromatic rings. The highest BCUT2D eigenvalue weighted by molar-refractivity contribution is 7.98. The molecule has 2 atom stereocenters. The van der Waals surface area contributed by atoms with Crippen molar-refractivity contribution in [3.8, 4) is 0 Å². The Morgan fingerprint density at radius 3 is 2.56 bits per heavy atom. The van der Waals surface area contributed by atoms with Gasteiger partial charge in [0.1, 0.15) is 5.76 Å². The van der Waals surface area contributed by atoms with Gasteiger partial charge >= 0.3 is 0 Å². The van der Waals surface area contributed by atoms with E-state index in [9.17, 15) is 9.59 Å². The smallest absolute Gasteiger partial charge is 0.279 e. The van der Waals surface area contributed by atoms with Crippen LogP contribution in [0.3, 0.4) is 0 Å². The summed E-state index contributed by atoms with van der Waals surface area (Å²) in [7, 11) is 1.82. The second-order valence-electron chi connectivity index (χ2n) is 5.86. The number of quaternary nitrogens is 1. The number of thioether (sulfide) groups is 1. The quantitative estimate of drug-likeness (QED) is 0.620. The lowest BCUT2D eigenvalue weighted by molar-refractivity contribution is -0.862. The maximum atomic E-state index is 12.2. The molecule has 2 rings (SSSR count). The van der Waals surface area contributed by atoms with Crippen LogP contribution in [0.4, 0.5) is 5.69 Å². The van der Waals surface area contributed by atoms with Gasteiger partial charge in [-0.05, 0) is 37.4 Å². The molecule has 1 heterocycles. The molecular formula is C18H24N3O3S+. The average molecular weight is 362 g/mol. The van der Waals surface area contributed by atoms with E-state index in [0.717, 1.165) is 15.5 Å². The molecule has 1 unspecified atom stereocenters. The Balaban J connectivity index is 1.79. The highest BCUT2D eigenvalue weighted by Gasteiger charge is 2.18. The number of furan rings is 1.